The third-order valence-corrected chi connectivity index (χ3v) is 4.17. The molecule has 6 heteroatoms. The van der Waals surface area contributed by atoms with Gasteiger partial charge in [-0.05, 0) is 55.0 Å². The Balaban J connectivity index is 1.52. The van der Waals surface area contributed by atoms with Gasteiger partial charge in [-0.2, -0.15) is 0 Å². The fraction of sp³-hybridized carbons (Fsp3) is 0.0909. The Kier molecular flexibility index (Phi) is 4.68. The van der Waals surface area contributed by atoms with Crippen LogP contribution in [0.4, 0.5) is 5.69 Å². The first-order chi connectivity index (χ1) is 13.6. The first-order valence-corrected chi connectivity index (χ1v) is 8.77. The molecule has 4 rings (SSSR count). The van der Waals surface area contributed by atoms with E-state index >= 15 is 0 Å². The van der Waals surface area contributed by atoms with Crippen molar-refractivity contribution < 1.29 is 19.1 Å². The average Bonchev–Trinajstić information content (AvgIpc) is 3.11. The van der Waals surface area contributed by atoms with Crippen LogP contribution in [0, 0.1) is 6.92 Å². The molecule has 6 nitrogen and oxygen atoms in total. The molecule has 0 bridgehead atoms. The van der Waals surface area contributed by atoms with Gasteiger partial charge in [-0.3, -0.25) is 4.79 Å². The lowest BCUT2D eigenvalue weighted by molar-refractivity contribution is -0.118. The zero-order valence-electron chi connectivity index (χ0n) is 15.2. The Morgan fingerprint density at radius 1 is 1.11 bits per heavy atom. The van der Waals surface area contributed by atoms with Gasteiger partial charge in [-0.15, -0.1) is 0 Å². The van der Waals surface area contributed by atoms with Crippen molar-refractivity contribution in [2.75, 3.05) is 11.9 Å². The second-order valence-corrected chi connectivity index (χ2v) is 6.37. The number of hydrogen-bond donors (Lipinski definition) is 2. The van der Waals surface area contributed by atoms with Gasteiger partial charge in [0.15, 0.2) is 12.2 Å². The lowest BCUT2D eigenvalue weighted by Gasteiger charge is -2.09. The largest absolute Gasteiger partial charge is 0.507 e. The highest BCUT2D eigenvalue weighted by atomic mass is 16.5. The molecular weight excluding hydrogens is 356 g/mol. The van der Waals surface area contributed by atoms with Crippen molar-refractivity contribution >= 4 is 22.7 Å². The van der Waals surface area contributed by atoms with Crippen molar-refractivity contribution in [1.82, 2.24) is 4.98 Å². The number of anilines is 1. The molecule has 3 aromatic carbocycles. The molecule has 0 spiro atoms. The summed E-state index contributed by atoms with van der Waals surface area (Å²) in [5.74, 6) is 0.607. The van der Waals surface area contributed by atoms with Gasteiger partial charge in [0.25, 0.3) is 5.91 Å². The number of aromatic nitrogens is 1. The van der Waals surface area contributed by atoms with Crippen LogP contribution in [0.1, 0.15) is 5.56 Å². The van der Waals surface area contributed by atoms with Gasteiger partial charge in [-0.25, -0.2) is 4.98 Å². The fourth-order valence-electron chi connectivity index (χ4n) is 2.80. The normalized spacial score (nSPS) is 10.8. The summed E-state index contributed by atoms with van der Waals surface area (Å²) in [6, 6.07) is 19.5. The maximum absolute atomic E-state index is 12.2. The SMILES string of the molecule is Cc1ccc2oc(-c3cc(NC(=O)COc4ccccc4)ccc3O)nc2c1. The van der Waals surface area contributed by atoms with E-state index < -0.39 is 0 Å². The van der Waals surface area contributed by atoms with E-state index in [1.54, 1.807) is 24.3 Å². The van der Waals surface area contributed by atoms with Gasteiger partial charge >= 0.3 is 0 Å². The zero-order valence-corrected chi connectivity index (χ0v) is 15.2. The number of nitrogens with zero attached hydrogens (tertiary/aromatic N) is 1. The number of ether oxygens (including phenoxy) is 1. The predicted octanol–water partition coefficient (Wildman–Crippen LogP) is 4.53. The third kappa shape index (κ3) is 3.81. The Hall–Kier alpha value is -3.80. The summed E-state index contributed by atoms with van der Waals surface area (Å²) in [5, 5.41) is 13.0. The highest BCUT2D eigenvalue weighted by molar-refractivity contribution is 5.93. The van der Waals surface area contributed by atoms with Crippen LogP contribution in [-0.2, 0) is 4.79 Å². The van der Waals surface area contributed by atoms with Crippen LogP contribution in [0.5, 0.6) is 11.5 Å². The van der Waals surface area contributed by atoms with Crippen LogP contribution in [-0.4, -0.2) is 22.6 Å². The molecule has 0 unspecified atom stereocenters. The van der Waals surface area contributed by atoms with E-state index in [0.717, 1.165) is 5.56 Å². The minimum absolute atomic E-state index is 0.0156. The number of para-hydroxylation sites is 1. The summed E-state index contributed by atoms with van der Waals surface area (Å²) in [6.07, 6.45) is 0. The molecule has 0 atom stereocenters. The molecule has 0 aliphatic heterocycles. The van der Waals surface area contributed by atoms with Crippen molar-refractivity contribution in [3.05, 3.63) is 72.3 Å². The summed E-state index contributed by atoms with van der Waals surface area (Å²) in [5.41, 5.74) is 3.31. The first-order valence-electron chi connectivity index (χ1n) is 8.77. The number of rotatable bonds is 5. The number of nitrogens with one attached hydrogen (secondary N) is 1. The van der Waals surface area contributed by atoms with E-state index in [0.29, 0.717) is 28.1 Å². The molecule has 140 valence electrons. The number of aryl methyl sites for hydroxylation is 1. The minimum atomic E-state index is -0.311. The quantitative estimate of drug-likeness (QED) is 0.502. The van der Waals surface area contributed by atoms with Crippen LogP contribution in [0.25, 0.3) is 22.6 Å². The van der Waals surface area contributed by atoms with Gasteiger partial charge in [0.2, 0.25) is 5.89 Å². The molecule has 1 amide bonds. The average molecular weight is 374 g/mol. The Morgan fingerprint density at radius 2 is 1.93 bits per heavy atom. The summed E-state index contributed by atoms with van der Waals surface area (Å²) in [7, 11) is 0. The molecule has 28 heavy (non-hydrogen) atoms. The van der Waals surface area contributed by atoms with Crippen LogP contribution in [0.15, 0.2) is 71.1 Å². The number of carbonyl (C=O) groups excluding carboxylic acids is 1. The van der Waals surface area contributed by atoms with Crippen molar-refractivity contribution in [3.63, 3.8) is 0 Å². The van der Waals surface area contributed by atoms with Crippen molar-refractivity contribution in [2.24, 2.45) is 0 Å². The zero-order chi connectivity index (χ0) is 19.5. The smallest absolute Gasteiger partial charge is 0.262 e. The molecule has 1 heterocycles. The number of benzene rings is 3. The van der Waals surface area contributed by atoms with Crippen LogP contribution in [0.3, 0.4) is 0 Å². The van der Waals surface area contributed by atoms with Crippen LogP contribution in [0.2, 0.25) is 0 Å². The van der Waals surface area contributed by atoms with E-state index in [2.05, 4.69) is 10.3 Å². The predicted molar refractivity (Wildman–Crippen MR) is 106 cm³/mol. The second-order valence-electron chi connectivity index (χ2n) is 6.37. The number of fused-ring (bicyclic) bond motifs is 1. The molecular formula is C22H18N2O4. The third-order valence-electron chi connectivity index (χ3n) is 4.17. The highest BCUT2D eigenvalue weighted by Crippen LogP contribution is 2.33. The molecule has 0 aliphatic carbocycles. The topological polar surface area (TPSA) is 84.6 Å². The monoisotopic (exact) mass is 374 g/mol. The maximum Gasteiger partial charge on any atom is 0.262 e. The van der Waals surface area contributed by atoms with Crippen molar-refractivity contribution in [1.29, 1.82) is 0 Å². The minimum Gasteiger partial charge on any atom is -0.507 e. The lowest BCUT2D eigenvalue weighted by Crippen LogP contribution is -2.20. The van der Waals surface area contributed by atoms with Gasteiger partial charge in [0.05, 0.1) is 5.56 Å². The number of phenols is 1. The Morgan fingerprint density at radius 3 is 2.75 bits per heavy atom. The Bertz CT molecular complexity index is 1140. The molecule has 4 aromatic rings. The molecule has 0 fully saturated rings. The van der Waals surface area contributed by atoms with Crippen molar-refractivity contribution in [3.8, 4) is 23.0 Å². The molecule has 0 saturated heterocycles. The van der Waals surface area contributed by atoms with Crippen LogP contribution < -0.4 is 10.1 Å². The highest BCUT2D eigenvalue weighted by Gasteiger charge is 2.14. The number of carbonyl (C=O) groups is 1. The Labute approximate surface area is 161 Å². The second kappa shape index (κ2) is 7.44. The number of amides is 1. The van der Waals surface area contributed by atoms with Gasteiger partial charge in [-0.1, -0.05) is 24.3 Å². The molecule has 1 aromatic heterocycles. The number of hydrogen-bond acceptors (Lipinski definition) is 5. The number of phenolic OH excluding ortho intramolecular Hbond substituents is 1. The molecule has 2 N–H and O–H groups in total. The van der Waals surface area contributed by atoms with E-state index in [4.69, 9.17) is 9.15 Å². The molecule has 0 radical (unpaired) electrons. The lowest BCUT2D eigenvalue weighted by atomic mass is 10.1. The van der Waals surface area contributed by atoms with Gasteiger partial charge in [0, 0.05) is 5.69 Å². The standard InChI is InChI=1S/C22H18N2O4/c1-14-7-10-20-18(11-14)24-22(28-20)17-12-15(8-9-19(17)25)23-21(26)13-27-16-5-3-2-4-6-16/h2-12,25H,13H2,1H3,(H,23,26). The van der Waals surface area contributed by atoms with E-state index in [1.165, 1.54) is 6.07 Å². The van der Waals surface area contributed by atoms with E-state index in [-0.39, 0.29) is 24.2 Å². The van der Waals surface area contributed by atoms with E-state index in [1.807, 2.05) is 43.3 Å². The molecule has 0 aliphatic rings. The first kappa shape index (κ1) is 17.6. The van der Waals surface area contributed by atoms with E-state index in [9.17, 15) is 9.90 Å². The summed E-state index contributed by atoms with van der Waals surface area (Å²) in [4.78, 5) is 16.6. The van der Waals surface area contributed by atoms with Gasteiger partial charge < -0.3 is 19.6 Å². The fourth-order valence-corrected chi connectivity index (χ4v) is 2.80. The van der Waals surface area contributed by atoms with Gasteiger partial charge in [0.1, 0.15) is 17.0 Å². The number of aromatic hydroxyl groups is 1. The number of oxazole rings is 1. The van der Waals surface area contributed by atoms with Crippen molar-refractivity contribution in [2.45, 2.75) is 6.92 Å². The maximum atomic E-state index is 12.2. The molecule has 0 saturated carbocycles. The summed E-state index contributed by atoms with van der Waals surface area (Å²) in [6.45, 7) is 1.85. The summed E-state index contributed by atoms with van der Waals surface area (Å²) >= 11 is 0. The van der Waals surface area contributed by atoms with Crippen LogP contribution >= 0.6 is 0 Å². The summed E-state index contributed by atoms with van der Waals surface area (Å²) < 4.78 is 11.2.